The Morgan fingerprint density at radius 1 is 1.23 bits per heavy atom. The summed E-state index contributed by atoms with van der Waals surface area (Å²) in [6.45, 7) is 0. The molecule has 2 aliphatic rings. The standard InChI is InChI=1S/C9H11BrO3/c10-4-5-1-2-6-7(3-5)9(12)13-8(6)11/h5-7H,1-4H2. The van der Waals surface area contributed by atoms with Gasteiger partial charge in [0.25, 0.3) is 0 Å². The first kappa shape index (κ1) is 9.19. The Morgan fingerprint density at radius 3 is 2.62 bits per heavy atom. The van der Waals surface area contributed by atoms with Gasteiger partial charge in [0.15, 0.2) is 0 Å². The summed E-state index contributed by atoms with van der Waals surface area (Å²) in [6.07, 6.45) is 2.64. The molecule has 0 spiro atoms. The lowest BCUT2D eigenvalue weighted by molar-refractivity contribution is -0.153. The van der Waals surface area contributed by atoms with Crippen molar-refractivity contribution in [1.82, 2.24) is 0 Å². The Hall–Kier alpha value is -0.380. The third-order valence-electron chi connectivity index (χ3n) is 2.98. The molecule has 72 valence electrons. The normalized spacial score (nSPS) is 38.7. The van der Waals surface area contributed by atoms with Gasteiger partial charge in [0.05, 0.1) is 11.8 Å². The highest BCUT2D eigenvalue weighted by Crippen LogP contribution is 2.39. The number of cyclic esters (lactones) is 2. The van der Waals surface area contributed by atoms with Gasteiger partial charge in [-0.2, -0.15) is 0 Å². The average Bonchev–Trinajstić information content (AvgIpc) is 2.42. The second-order valence-corrected chi connectivity index (χ2v) is 4.43. The van der Waals surface area contributed by atoms with Crippen LogP contribution < -0.4 is 0 Å². The number of fused-ring (bicyclic) bond motifs is 1. The lowest BCUT2D eigenvalue weighted by atomic mass is 9.76. The molecule has 0 aromatic rings. The molecular weight excluding hydrogens is 236 g/mol. The van der Waals surface area contributed by atoms with E-state index in [1.54, 1.807) is 0 Å². The monoisotopic (exact) mass is 246 g/mol. The molecule has 1 heterocycles. The van der Waals surface area contributed by atoms with Crippen LogP contribution in [-0.4, -0.2) is 17.3 Å². The van der Waals surface area contributed by atoms with E-state index >= 15 is 0 Å². The van der Waals surface area contributed by atoms with Crippen molar-refractivity contribution in [2.75, 3.05) is 5.33 Å². The summed E-state index contributed by atoms with van der Waals surface area (Å²) in [4.78, 5) is 22.4. The third kappa shape index (κ3) is 1.52. The predicted octanol–water partition coefficient (Wildman–Crippen LogP) is 1.50. The minimum Gasteiger partial charge on any atom is -0.393 e. The number of hydrogen-bond acceptors (Lipinski definition) is 3. The number of ether oxygens (including phenoxy) is 1. The molecule has 4 heteroatoms. The quantitative estimate of drug-likeness (QED) is 0.400. The molecule has 2 rings (SSSR count). The molecule has 0 radical (unpaired) electrons. The van der Waals surface area contributed by atoms with Gasteiger partial charge in [0.1, 0.15) is 0 Å². The number of esters is 2. The summed E-state index contributed by atoms with van der Waals surface area (Å²) < 4.78 is 4.61. The van der Waals surface area contributed by atoms with Crippen LogP contribution in [0.4, 0.5) is 0 Å². The van der Waals surface area contributed by atoms with Crippen LogP contribution >= 0.6 is 15.9 Å². The first-order valence-corrected chi connectivity index (χ1v) is 5.66. The zero-order valence-corrected chi connectivity index (χ0v) is 8.75. The van der Waals surface area contributed by atoms with Gasteiger partial charge in [-0.25, -0.2) is 0 Å². The molecule has 3 unspecified atom stereocenters. The third-order valence-corrected chi connectivity index (χ3v) is 3.90. The smallest absolute Gasteiger partial charge is 0.317 e. The zero-order chi connectivity index (χ0) is 9.42. The summed E-state index contributed by atoms with van der Waals surface area (Å²) in [7, 11) is 0. The maximum Gasteiger partial charge on any atom is 0.317 e. The van der Waals surface area contributed by atoms with E-state index < -0.39 is 0 Å². The van der Waals surface area contributed by atoms with Gasteiger partial charge in [-0.3, -0.25) is 9.59 Å². The van der Waals surface area contributed by atoms with E-state index in [2.05, 4.69) is 20.7 Å². The van der Waals surface area contributed by atoms with Crippen LogP contribution in [0.2, 0.25) is 0 Å². The van der Waals surface area contributed by atoms with E-state index in [4.69, 9.17) is 0 Å². The van der Waals surface area contributed by atoms with Crippen LogP contribution in [0.5, 0.6) is 0 Å². The van der Waals surface area contributed by atoms with Gasteiger partial charge in [-0.05, 0) is 25.2 Å². The van der Waals surface area contributed by atoms with Gasteiger partial charge >= 0.3 is 11.9 Å². The molecule has 1 aliphatic carbocycles. The molecule has 0 aromatic heterocycles. The maximum atomic E-state index is 11.2. The van der Waals surface area contributed by atoms with Crippen molar-refractivity contribution in [3.63, 3.8) is 0 Å². The number of rotatable bonds is 1. The first-order valence-electron chi connectivity index (χ1n) is 4.54. The Kier molecular flexibility index (Phi) is 2.41. The molecule has 2 fully saturated rings. The summed E-state index contributed by atoms with van der Waals surface area (Å²) >= 11 is 3.41. The molecule has 13 heavy (non-hydrogen) atoms. The average molecular weight is 247 g/mol. The molecule has 1 saturated heterocycles. The first-order chi connectivity index (χ1) is 6.22. The van der Waals surface area contributed by atoms with Crippen LogP contribution in [0.25, 0.3) is 0 Å². The van der Waals surface area contributed by atoms with Crippen LogP contribution in [0, 0.1) is 17.8 Å². The highest BCUT2D eigenvalue weighted by molar-refractivity contribution is 9.09. The van der Waals surface area contributed by atoms with E-state index in [1.165, 1.54) is 0 Å². The minimum atomic E-state index is -0.305. The number of alkyl halides is 1. The van der Waals surface area contributed by atoms with Crippen LogP contribution in [0.3, 0.4) is 0 Å². The zero-order valence-electron chi connectivity index (χ0n) is 7.16. The van der Waals surface area contributed by atoms with Crippen molar-refractivity contribution >= 4 is 27.9 Å². The lowest BCUT2D eigenvalue weighted by Gasteiger charge is -2.25. The van der Waals surface area contributed by atoms with Crippen LogP contribution in [-0.2, 0) is 14.3 Å². The largest absolute Gasteiger partial charge is 0.393 e. The van der Waals surface area contributed by atoms with Gasteiger partial charge in [0.2, 0.25) is 0 Å². The molecular formula is C9H11BrO3. The van der Waals surface area contributed by atoms with Crippen LogP contribution in [0.1, 0.15) is 19.3 Å². The summed E-state index contributed by atoms with van der Waals surface area (Å²) in [5.41, 5.74) is 0. The number of carbonyl (C=O) groups excluding carboxylic acids is 2. The Labute approximate surface area is 85.0 Å². The Morgan fingerprint density at radius 2 is 1.92 bits per heavy atom. The van der Waals surface area contributed by atoms with E-state index in [-0.39, 0.29) is 23.8 Å². The van der Waals surface area contributed by atoms with Crippen LogP contribution in [0.15, 0.2) is 0 Å². The molecule has 0 bridgehead atoms. The number of halogens is 1. The Bertz CT molecular complexity index is 251. The van der Waals surface area contributed by atoms with Gasteiger partial charge in [0, 0.05) is 5.33 Å². The van der Waals surface area contributed by atoms with Crippen molar-refractivity contribution in [3.05, 3.63) is 0 Å². The van der Waals surface area contributed by atoms with Crippen molar-refractivity contribution < 1.29 is 14.3 Å². The van der Waals surface area contributed by atoms with E-state index in [0.29, 0.717) is 5.92 Å². The molecule has 0 amide bonds. The SMILES string of the molecule is O=C1OC(=O)C2CC(CBr)CCC12. The van der Waals surface area contributed by atoms with Crippen molar-refractivity contribution in [1.29, 1.82) is 0 Å². The van der Waals surface area contributed by atoms with Gasteiger partial charge in [-0.1, -0.05) is 15.9 Å². The van der Waals surface area contributed by atoms with E-state index in [0.717, 1.165) is 24.6 Å². The fourth-order valence-electron chi connectivity index (χ4n) is 2.19. The maximum absolute atomic E-state index is 11.2. The fourth-order valence-corrected chi connectivity index (χ4v) is 2.78. The van der Waals surface area contributed by atoms with Gasteiger partial charge < -0.3 is 4.74 Å². The highest BCUT2D eigenvalue weighted by atomic mass is 79.9. The second-order valence-electron chi connectivity index (χ2n) is 3.79. The number of carbonyl (C=O) groups is 2. The van der Waals surface area contributed by atoms with Crippen molar-refractivity contribution in [3.8, 4) is 0 Å². The molecule has 3 nitrogen and oxygen atoms in total. The fraction of sp³-hybridized carbons (Fsp3) is 0.778. The molecule has 1 saturated carbocycles. The van der Waals surface area contributed by atoms with Crippen molar-refractivity contribution in [2.24, 2.45) is 17.8 Å². The van der Waals surface area contributed by atoms with E-state index in [1.807, 2.05) is 0 Å². The highest BCUT2D eigenvalue weighted by Gasteiger charge is 2.47. The van der Waals surface area contributed by atoms with Crippen molar-refractivity contribution in [2.45, 2.75) is 19.3 Å². The van der Waals surface area contributed by atoms with E-state index in [9.17, 15) is 9.59 Å². The second kappa shape index (κ2) is 3.40. The van der Waals surface area contributed by atoms with Gasteiger partial charge in [-0.15, -0.1) is 0 Å². The minimum absolute atomic E-state index is 0.136. The summed E-state index contributed by atoms with van der Waals surface area (Å²) in [6, 6.07) is 0. The number of hydrogen-bond donors (Lipinski definition) is 0. The molecule has 3 atom stereocenters. The Balaban J connectivity index is 2.10. The summed E-state index contributed by atoms with van der Waals surface area (Å²) in [5.74, 6) is -0.366. The summed E-state index contributed by atoms with van der Waals surface area (Å²) in [5, 5.41) is 0.914. The predicted molar refractivity (Wildman–Crippen MR) is 49.2 cm³/mol. The lowest BCUT2D eigenvalue weighted by Crippen LogP contribution is -2.27. The molecule has 0 N–H and O–H groups in total. The molecule has 0 aromatic carbocycles. The topological polar surface area (TPSA) is 43.4 Å². The molecule has 1 aliphatic heterocycles.